The fourth-order valence-electron chi connectivity index (χ4n) is 4.31. The molecule has 0 saturated carbocycles. The van der Waals surface area contributed by atoms with E-state index in [2.05, 4.69) is 6.08 Å². The maximum absolute atomic E-state index is 13.0. The summed E-state index contributed by atoms with van der Waals surface area (Å²) in [7, 11) is 0. The van der Waals surface area contributed by atoms with E-state index in [1.54, 1.807) is 6.08 Å². The first-order valence-corrected chi connectivity index (χ1v) is 13.6. The van der Waals surface area contributed by atoms with Crippen LogP contribution in [0.5, 0.6) is 0 Å². The highest BCUT2D eigenvalue weighted by atomic mass is 32.1. The van der Waals surface area contributed by atoms with Gasteiger partial charge in [0.1, 0.15) is 17.1 Å². The van der Waals surface area contributed by atoms with Gasteiger partial charge in [-0.2, -0.15) is 0 Å². The second kappa shape index (κ2) is 11.1. The number of benzene rings is 2. The van der Waals surface area contributed by atoms with Crippen LogP contribution < -0.4 is 0 Å². The molecule has 0 spiro atoms. The minimum absolute atomic E-state index is 0.131. The number of thiocarbonyl (C=S) groups is 1. The molecule has 1 saturated heterocycles. The lowest BCUT2D eigenvalue weighted by Crippen LogP contribution is -2.55. The SMILES string of the molecule is CCN1C(=O)C(=Cc2ccc(C=C3C=C(c4ccccc4)OC(c4ccccc4)=C3)s2)C(=O)N(CC)C1=S. The van der Waals surface area contributed by atoms with Crippen molar-refractivity contribution in [2.45, 2.75) is 13.8 Å². The number of carbonyl (C=O) groups excluding carboxylic acids is 2. The Morgan fingerprint density at radius 3 is 1.68 bits per heavy atom. The van der Waals surface area contributed by atoms with Gasteiger partial charge < -0.3 is 4.74 Å². The highest BCUT2D eigenvalue weighted by Gasteiger charge is 2.37. The van der Waals surface area contributed by atoms with Crippen molar-refractivity contribution in [2.75, 3.05) is 13.1 Å². The average Bonchev–Trinajstić information content (AvgIpc) is 3.39. The third kappa shape index (κ3) is 5.16. The lowest BCUT2D eigenvalue weighted by Gasteiger charge is -2.35. The standard InChI is InChI=1S/C31H26N2O3S2/c1-3-32-29(34)26(30(35)33(4-2)31(32)37)20-25-16-15-24(38-25)17-21-18-27(22-11-7-5-8-12-22)36-28(19-21)23-13-9-6-10-14-23/h5-20H,3-4H2,1-2H3. The smallest absolute Gasteiger partial charge is 0.265 e. The van der Waals surface area contributed by atoms with Gasteiger partial charge in [0.15, 0.2) is 5.11 Å². The van der Waals surface area contributed by atoms with E-state index < -0.39 is 0 Å². The average molecular weight is 539 g/mol. The number of likely N-dealkylation sites (N-methyl/N-ethyl adjacent to an activating group) is 2. The summed E-state index contributed by atoms with van der Waals surface area (Å²) in [6.45, 7) is 4.52. The summed E-state index contributed by atoms with van der Waals surface area (Å²) in [6, 6.07) is 23.9. The number of ether oxygens (including phenoxy) is 1. The molecule has 1 aromatic heterocycles. The number of rotatable bonds is 6. The number of allylic oxidation sites excluding steroid dienone is 3. The zero-order valence-electron chi connectivity index (χ0n) is 21.1. The maximum Gasteiger partial charge on any atom is 0.265 e. The third-order valence-electron chi connectivity index (χ3n) is 6.22. The van der Waals surface area contributed by atoms with Gasteiger partial charge in [-0.3, -0.25) is 19.4 Å². The first-order valence-electron chi connectivity index (χ1n) is 12.4. The Kier molecular flexibility index (Phi) is 7.49. The first kappa shape index (κ1) is 25.6. The van der Waals surface area contributed by atoms with E-state index >= 15 is 0 Å². The van der Waals surface area contributed by atoms with Gasteiger partial charge >= 0.3 is 0 Å². The van der Waals surface area contributed by atoms with Gasteiger partial charge in [-0.25, -0.2) is 0 Å². The molecule has 190 valence electrons. The topological polar surface area (TPSA) is 49.9 Å². The molecule has 7 heteroatoms. The first-order chi connectivity index (χ1) is 18.5. The van der Waals surface area contributed by atoms with Gasteiger partial charge in [0.05, 0.1) is 0 Å². The molecule has 2 aromatic carbocycles. The molecule has 0 aliphatic carbocycles. The molecular formula is C31H26N2O3S2. The quantitative estimate of drug-likeness (QED) is 0.201. The summed E-state index contributed by atoms with van der Waals surface area (Å²) in [5, 5.41) is 0.264. The summed E-state index contributed by atoms with van der Waals surface area (Å²) >= 11 is 6.87. The molecule has 5 rings (SSSR count). The fraction of sp³-hybridized carbons (Fsp3) is 0.129. The molecule has 2 aliphatic rings. The molecule has 0 atom stereocenters. The summed E-state index contributed by atoms with van der Waals surface area (Å²) in [4.78, 5) is 30.7. The van der Waals surface area contributed by atoms with Crippen molar-refractivity contribution in [2.24, 2.45) is 0 Å². The van der Waals surface area contributed by atoms with Gasteiger partial charge in [-0.15, -0.1) is 11.3 Å². The summed E-state index contributed by atoms with van der Waals surface area (Å²) < 4.78 is 6.29. The lowest BCUT2D eigenvalue weighted by atomic mass is 10.0. The highest BCUT2D eigenvalue weighted by molar-refractivity contribution is 7.80. The predicted octanol–water partition coefficient (Wildman–Crippen LogP) is 6.62. The minimum atomic E-state index is -0.351. The van der Waals surface area contributed by atoms with Crippen LogP contribution in [0.4, 0.5) is 0 Å². The van der Waals surface area contributed by atoms with Gasteiger partial charge in [0, 0.05) is 34.0 Å². The van der Waals surface area contributed by atoms with Crippen molar-refractivity contribution >= 4 is 64.2 Å². The maximum atomic E-state index is 13.0. The van der Waals surface area contributed by atoms with Crippen LogP contribution in [0.1, 0.15) is 34.7 Å². The van der Waals surface area contributed by atoms with Crippen molar-refractivity contribution in [3.8, 4) is 0 Å². The van der Waals surface area contributed by atoms with Crippen LogP contribution in [-0.2, 0) is 14.3 Å². The zero-order chi connectivity index (χ0) is 26.6. The van der Waals surface area contributed by atoms with Gasteiger partial charge in [-0.1, -0.05) is 60.7 Å². The van der Waals surface area contributed by atoms with Gasteiger partial charge in [-0.05, 0) is 68.1 Å². The number of amides is 2. The minimum Gasteiger partial charge on any atom is -0.456 e. The Bertz CT molecular complexity index is 1430. The van der Waals surface area contributed by atoms with E-state index in [4.69, 9.17) is 17.0 Å². The van der Waals surface area contributed by atoms with E-state index in [1.165, 1.54) is 21.1 Å². The second-order valence-electron chi connectivity index (χ2n) is 8.68. The number of hydrogen-bond acceptors (Lipinski definition) is 5. The second-order valence-corrected chi connectivity index (χ2v) is 10.2. The van der Waals surface area contributed by atoms with E-state index in [0.29, 0.717) is 13.1 Å². The molecule has 0 bridgehead atoms. The van der Waals surface area contributed by atoms with Crippen LogP contribution in [0.2, 0.25) is 0 Å². The third-order valence-corrected chi connectivity index (χ3v) is 7.64. The molecule has 3 aromatic rings. The molecule has 3 heterocycles. The fourth-order valence-corrected chi connectivity index (χ4v) is 5.65. The predicted molar refractivity (Wildman–Crippen MR) is 158 cm³/mol. The Labute approximate surface area is 231 Å². The van der Waals surface area contributed by atoms with E-state index in [-0.39, 0.29) is 22.5 Å². The van der Waals surface area contributed by atoms with E-state index in [0.717, 1.165) is 38.0 Å². The number of carbonyl (C=O) groups is 2. The van der Waals surface area contributed by atoms with Crippen LogP contribution in [0.15, 0.2) is 96.1 Å². The molecule has 2 amide bonds. The number of hydrogen-bond donors (Lipinski definition) is 0. The van der Waals surface area contributed by atoms with Crippen LogP contribution >= 0.6 is 23.6 Å². The van der Waals surface area contributed by atoms with Gasteiger partial charge in [0.25, 0.3) is 11.8 Å². The molecular weight excluding hydrogens is 512 g/mol. The highest BCUT2D eigenvalue weighted by Crippen LogP contribution is 2.34. The van der Waals surface area contributed by atoms with Crippen LogP contribution in [0, 0.1) is 0 Å². The monoisotopic (exact) mass is 538 g/mol. The van der Waals surface area contributed by atoms with Crippen LogP contribution in [0.3, 0.4) is 0 Å². The van der Waals surface area contributed by atoms with E-state index in [1.807, 2.05) is 98.8 Å². The van der Waals surface area contributed by atoms with Crippen molar-refractivity contribution in [3.05, 3.63) is 117 Å². The molecule has 0 N–H and O–H groups in total. The molecule has 0 unspecified atom stereocenters. The summed E-state index contributed by atoms with van der Waals surface area (Å²) in [6.07, 6.45) is 7.79. The van der Waals surface area contributed by atoms with Crippen molar-refractivity contribution in [3.63, 3.8) is 0 Å². The van der Waals surface area contributed by atoms with Crippen molar-refractivity contribution in [1.29, 1.82) is 0 Å². The molecule has 5 nitrogen and oxygen atoms in total. The molecule has 38 heavy (non-hydrogen) atoms. The Morgan fingerprint density at radius 1 is 0.737 bits per heavy atom. The lowest BCUT2D eigenvalue weighted by molar-refractivity contribution is -0.133. The zero-order valence-corrected chi connectivity index (χ0v) is 22.7. The molecule has 2 aliphatic heterocycles. The van der Waals surface area contributed by atoms with Crippen LogP contribution in [-0.4, -0.2) is 39.8 Å². The van der Waals surface area contributed by atoms with Crippen molar-refractivity contribution < 1.29 is 14.3 Å². The Balaban J connectivity index is 1.49. The van der Waals surface area contributed by atoms with Crippen LogP contribution in [0.25, 0.3) is 23.7 Å². The largest absolute Gasteiger partial charge is 0.456 e. The summed E-state index contributed by atoms with van der Waals surface area (Å²) in [5.74, 6) is 0.836. The summed E-state index contributed by atoms with van der Waals surface area (Å²) in [5.41, 5.74) is 3.10. The molecule has 0 radical (unpaired) electrons. The number of nitrogens with zero attached hydrogens (tertiary/aromatic N) is 2. The number of thiophene rings is 1. The van der Waals surface area contributed by atoms with Gasteiger partial charge in [0.2, 0.25) is 0 Å². The molecule has 1 fully saturated rings. The Morgan fingerprint density at radius 2 is 1.21 bits per heavy atom. The Hall–Kier alpha value is -4.07. The van der Waals surface area contributed by atoms with Crippen molar-refractivity contribution in [1.82, 2.24) is 9.80 Å². The normalized spacial score (nSPS) is 15.8. The van der Waals surface area contributed by atoms with E-state index in [9.17, 15) is 9.59 Å².